The molecule has 0 aromatic heterocycles. The van der Waals surface area contributed by atoms with Crippen LogP contribution < -0.4 is 5.32 Å². The number of amides is 1. The molecular weight excluding hydrogens is 271 g/mol. The van der Waals surface area contributed by atoms with Crippen LogP contribution in [0.1, 0.15) is 12.5 Å². The van der Waals surface area contributed by atoms with Crippen molar-refractivity contribution in [2.75, 3.05) is 25.0 Å². The van der Waals surface area contributed by atoms with E-state index in [1.54, 1.807) is 19.1 Å². The third-order valence-corrected chi connectivity index (χ3v) is 2.54. The zero-order valence-corrected chi connectivity index (χ0v) is 10.9. The molecule has 1 amide bonds. The zero-order valence-electron chi connectivity index (χ0n) is 10.9. The van der Waals surface area contributed by atoms with Crippen molar-refractivity contribution in [3.63, 3.8) is 0 Å². The summed E-state index contributed by atoms with van der Waals surface area (Å²) in [5, 5.41) is 11.3. The van der Waals surface area contributed by atoms with Crippen molar-refractivity contribution in [1.29, 1.82) is 5.26 Å². The lowest BCUT2D eigenvalue weighted by Crippen LogP contribution is -2.39. The summed E-state index contributed by atoms with van der Waals surface area (Å²) in [6, 6.07) is 8.20. The number of hydrogen-bond donors (Lipinski definition) is 1. The number of likely N-dealkylation sites (N-methyl/N-ethyl adjacent to an activating group) is 1. The molecule has 20 heavy (non-hydrogen) atoms. The van der Waals surface area contributed by atoms with Crippen LogP contribution in [0, 0.1) is 11.3 Å². The number of benzene rings is 1. The number of carbonyl (C=O) groups excluding carboxylic acids is 1. The number of nitrogens with zero attached hydrogens (tertiary/aromatic N) is 2. The maximum Gasteiger partial charge on any atom is 0.401 e. The van der Waals surface area contributed by atoms with Gasteiger partial charge >= 0.3 is 6.18 Å². The predicted octanol–water partition coefficient (Wildman–Crippen LogP) is 2.38. The normalized spacial score (nSPS) is 11.2. The van der Waals surface area contributed by atoms with E-state index in [4.69, 9.17) is 5.26 Å². The Hall–Kier alpha value is -2.07. The molecule has 0 saturated carbocycles. The number of hydrogen-bond acceptors (Lipinski definition) is 3. The van der Waals surface area contributed by atoms with Gasteiger partial charge in [0.1, 0.15) is 6.07 Å². The standard InChI is InChI=1S/C13H14F3N3O/c1-2-19(9-13(14,15)16)8-12(20)18-11-6-4-3-5-10(11)7-17/h3-6H,2,8-9H2,1H3,(H,18,20). The Morgan fingerprint density at radius 1 is 1.40 bits per heavy atom. The van der Waals surface area contributed by atoms with Crippen molar-refractivity contribution in [3.8, 4) is 6.07 Å². The minimum atomic E-state index is -4.35. The van der Waals surface area contributed by atoms with Crippen LogP contribution in [0.4, 0.5) is 18.9 Å². The number of nitriles is 1. The summed E-state index contributed by atoms with van der Waals surface area (Å²) in [5.74, 6) is -0.584. The fourth-order valence-electron chi connectivity index (χ4n) is 1.62. The molecule has 7 heteroatoms. The van der Waals surface area contributed by atoms with Crippen LogP contribution in [-0.2, 0) is 4.79 Å². The molecule has 0 atom stereocenters. The monoisotopic (exact) mass is 285 g/mol. The number of carbonyl (C=O) groups is 1. The smallest absolute Gasteiger partial charge is 0.324 e. The van der Waals surface area contributed by atoms with E-state index in [1.165, 1.54) is 12.1 Å². The average molecular weight is 285 g/mol. The van der Waals surface area contributed by atoms with Gasteiger partial charge in [0.15, 0.2) is 0 Å². The van der Waals surface area contributed by atoms with E-state index in [-0.39, 0.29) is 18.7 Å². The highest BCUT2D eigenvalue weighted by molar-refractivity contribution is 5.93. The van der Waals surface area contributed by atoms with Crippen LogP contribution in [0.2, 0.25) is 0 Å². The first-order valence-electron chi connectivity index (χ1n) is 5.93. The number of para-hydroxylation sites is 1. The molecule has 1 rings (SSSR count). The molecule has 108 valence electrons. The van der Waals surface area contributed by atoms with Crippen molar-refractivity contribution in [2.45, 2.75) is 13.1 Å². The molecule has 0 unspecified atom stereocenters. The highest BCUT2D eigenvalue weighted by atomic mass is 19.4. The number of nitrogens with one attached hydrogen (secondary N) is 1. The lowest BCUT2D eigenvalue weighted by Gasteiger charge is -2.21. The molecule has 0 aliphatic rings. The highest BCUT2D eigenvalue weighted by Gasteiger charge is 2.30. The van der Waals surface area contributed by atoms with Crippen LogP contribution in [0.3, 0.4) is 0 Å². The topological polar surface area (TPSA) is 56.1 Å². The second-order valence-electron chi connectivity index (χ2n) is 4.12. The number of halogens is 3. The van der Waals surface area contributed by atoms with Gasteiger partial charge in [-0.05, 0) is 18.7 Å². The molecule has 4 nitrogen and oxygen atoms in total. The Kier molecular flexibility index (Phi) is 5.53. The lowest BCUT2D eigenvalue weighted by atomic mass is 10.2. The summed E-state index contributed by atoms with van der Waals surface area (Å²) in [4.78, 5) is 12.7. The first-order valence-corrected chi connectivity index (χ1v) is 5.93. The Morgan fingerprint density at radius 3 is 2.60 bits per heavy atom. The molecule has 0 aliphatic carbocycles. The molecule has 0 bridgehead atoms. The van der Waals surface area contributed by atoms with Gasteiger partial charge in [-0.25, -0.2) is 0 Å². The second kappa shape index (κ2) is 6.91. The molecule has 1 N–H and O–H groups in total. The van der Waals surface area contributed by atoms with Crippen LogP contribution >= 0.6 is 0 Å². The van der Waals surface area contributed by atoms with E-state index in [9.17, 15) is 18.0 Å². The van der Waals surface area contributed by atoms with E-state index < -0.39 is 18.6 Å². The SMILES string of the molecule is CCN(CC(=O)Nc1ccccc1C#N)CC(F)(F)F. The van der Waals surface area contributed by atoms with Gasteiger partial charge < -0.3 is 5.32 Å². The first kappa shape index (κ1) is 16.0. The summed E-state index contributed by atoms with van der Waals surface area (Å²) in [6.07, 6.45) is -4.35. The minimum Gasteiger partial charge on any atom is -0.324 e. The molecule has 0 aliphatic heterocycles. The summed E-state index contributed by atoms with van der Waals surface area (Å²) in [6.45, 7) is 0.127. The number of rotatable bonds is 5. The maximum absolute atomic E-state index is 12.3. The van der Waals surface area contributed by atoms with Crippen LogP contribution in [-0.4, -0.2) is 36.6 Å². The molecule has 1 aromatic rings. The van der Waals surface area contributed by atoms with Gasteiger partial charge in [0.05, 0.1) is 24.3 Å². The minimum absolute atomic E-state index is 0.104. The van der Waals surface area contributed by atoms with Gasteiger partial charge in [0.2, 0.25) is 5.91 Å². The van der Waals surface area contributed by atoms with Crippen LogP contribution in [0.25, 0.3) is 0 Å². The molecular formula is C13H14F3N3O. The Bertz CT molecular complexity index is 508. The Balaban J connectivity index is 2.65. The molecule has 0 saturated heterocycles. The van der Waals surface area contributed by atoms with Crippen molar-refractivity contribution in [3.05, 3.63) is 29.8 Å². The molecule has 0 spiro atoms. The van der Waals surface area contributed by atoms with E-state index in [2.05, 4.69) is 5.32 Å². The van der Waals surface area contributed by atoms with Crippen molar-refractivity contribution in [1.82, 2.24) is 4.90 Å². The van der Waals surface area contributed by atoms with Gasteiger partial charge in [-0.15, -0.1) is 0 Å². The summed E-state index contributed by atoms with van der Waals surface area (Å²) < 4.78 is 36.8. The van der Waals surface area contributed by atoms with Gasteiger partial charge in [-0.3, -0.25) is 9.69 Å². The van der Waals surface area contributed by atoms with E-state index in [0.717, 1.165) is 4.90 Å². The van der Waals surface area contributed by atoms with E-state index >= 15 is 0 Å². The van der Waals surface area contributed by atoms with Crippen molar-refractivity contribution in [2.24, 2.45) is 0 Å². The third-order valence-electron chi connectivity index (χ3n) is 2.54. The molecule has 0 fully saturated rings. The van der Waals surface area contributed by atoms with Crippen molar-refractivity contribution >= 4 is 11.6 Å². The Morgan fingerprint density at radius 2 is 2.05 bits per heavy atom. The van der Waals surface area contributed by atoms with Crippen molar-refractivity contribution < 1.29 is 18.0 Å². The van der Waals surface area contributed by atoms with Crippen LogP contribution in [0.5, 0.6) is 0 Å². The molecule has 0 heterocycles. The summed E-state index contributed by atoms with van der Waals surface area (Å²) in [5.41, 5.74) is 0.558. The van der Waals surface area contributed by atoms with Crippen LogP contribution in [0.15, 0.2) is 24.3 Å². The van der Waals surface area contributed by atoms with Gasteiger partial charge in [-0.2, -0.15) is 18.4 Å². The fourth-order valence-corrected chi connectivity index (χ4v) is 1.62. The van der Waals surface area contributed by atoms with Gasteiger partial charge in [-0.1, -0.05) is 19.1 Å². The van der Waals surface area contributed by atoms with E-state index in [0.29, 0.717) is 5.69 Å². The zero-order chi connectivity index (χ0) is 15.2. The maximum atomic E-state index is 12.3. The van der Waals surface area contributed by atoms with E-state index in [1.807, 2.05) is 6.07 Å². The number of anilines is 1. The summed E-state index contributed by atoms with van der Waals surface area (Å²) >= 11 is 0. The quantitative estimate of drug-likeness (QED) is 0.903. The average Bonchev–Trinajstić information content (AvgIpc) is 2.36. The molecule has 1 aromatic carbocycles. The number of alkyl halides is 3. The first-order chi connectivity index (χ1) is 9.35. The van der Waals surface area contributed by atoms with Gasteiger partial charge in [0.25, 0.3) is 0 Å². The van der Waals surface area contributed by atoms with Gasteiger partial charge in [0, 0.05) is 0 Å². The second-order valence-corrected chi connectivity index (χ2v) is 4.12. The fraction of sp³-hybridized carbons (Fsp3) is 0.385. The molecule has 0 radical (unpaired) electrons. The third kappa shape index (κ3) is 5.28. The largest absolute Gasteiger partial charge is 0.401 e. The Labute approximate surface area is 114 Å². The lowest BCUT2D eigenvalue weighted by molar-refractivity contribution is -0.147. The summed E-state index contributed by atoms with van der Waals surface area (Å²) in [7, 11) is 0. The highest BCUT2D eigenvalue weighted by Crippen LogP contribution is 2.17. The predicted molar refractivity (Wildman–Crippen MR) is 68.0 cm³/mol.